The van der Waals surface area contributed by atoms with Crippen LogP contribution in [0.5, 0.6) is 0 Å². The summed E-state index contributed by atoms with van der Waals surface area (Å²) in [5, 5.41) is 22.4. The van der Waals surface area contributed by atoms with Crippen LogP contribution < -0.4 is 0 Å². The van der Waals surface area contributed by atoms with Crippen LogP contribution in [0.3, 0.4) is 0 Å². The Labute approximate surface area is 181 Å². The first-order valence-corrected chi connectivity index (χ1v) is 11.9. The lowest BCUT2D eigenvalue weighted by Crippen LogP contribution is -2.67. The van der Waals surface area contributed by atoms with Crippen molar-refractivity contribution in [2.24, 2.45) is 45.3 Å². The summed E-state index contributed by atoms with van der Waals surface area (Å²) in [6.07, 6.45) is 9.10. The molecule has 0 aliphatic heterocycles. The van der Waals surface area contributed by atoms with Gasteiger partial charge in [-0.25, -0.2) is 0 Å². The van der Waals surface area contributed by atoms with E-state index in [2.05, 4.69) is 20.8 Å². The smallest absolute Gasteiger partial charge is 0.156 e. The molecule has 0 bridgehead atoms. The van der Waals surface area contributed by atoms with Crippen LogP contribution in [0.15, 0.2) is 11.6 Å². The maximum absolute atomic E-state index is 12.3. The number of aliphatic hydroxyl groups excluding tert-OH is 2. The SMILES string of the molecule is CC(=O)C1=CC[C@H]2[C@]3(C)CC[C@@H]4C(C)(C)CCC[C@]4(CO)[C@H]3C[C@H](O)[C@]2(C)[C@H]1C=O. The van der Waals surface area contributed by atoms with Gasteiger partial charge in [-0.05, 0) is 74.0 Å². The number of hydrogen-bond acceptors (Lipinski definition) is 4. The van der Waals surface area contributed by atoms with E-state index in [0.717, 1.165) is 38.4 Å². The number of rotatable bonds is 3. The van der Waals surface area contributed by atoms with Gasteiger partial charge in [0.25, 0.3) is 0 Å². The summed E-state index contributed by atoms with van der Waals surface area (Å²) in [6, 6.07) is 0. The molecule has 0 aromatic heterocycles. The molecule has 0 aromatic rings. The van der Waals surface area contributed by atoms with Crippen molar-refractivity contribution in [3.8, 4) is 0 Å². The van der Waals surface area contributed by atoms with Crippen LogP contribution >= 0.6 is 0 Å². The Hall–Kier alpha value is -1.00. The van der Waals surface area contributed by atoms with E-state index < -0.39 is 17.4 Å². The van der Waals surface area contributed by atoms with E-state index in [4.69, 9.17) is 0 Å². The number of aliphatic hydroxyl groups is 2. The van der Waals surface area contributed by atoms with Crippen LogP contribution in [0, 0.1) is 45.3 Å². The lowest BCUT2D eigenvalue weighted by atomic mass is 9.34. The second-order valence-electron chi connectivity index (χ2n) is 12.1. The van der Waals surface area contributed by atoms with Crippen LogP contribution in [-0.4, -0.2) is 35.0 Å². The summed E-state index contributed by atoms with van der Waals surface area (Å²) in [4.78, 5) is 24.5. The number of allylic oxidation sites excluding steroid dienone is 2. The standard InChI is InChI=1S/C26H40O4/c1-16(29)17-7-8-20-24(4)12-9-19-23(2,3)10-6-11-26(19,15-28)21(24)13-22(30)25(20,5)18(17)14-27/h7,14,18-22,28,30H,6,8-13,15H2,1-5H3/t18-,19+,20-,21-,22-,24-,25+,26+/m0/s1. The zero-order valence-corrected chi connectivity index (χ0v) is 19.4. The Balaban J connectivity index is 1.83. The molecular formula is C26H40O4. The van der Waals surface area contributed by atoms with Crippen molar-refractivity contribution >= 4 is 12.1 Å². The van der Waals surface area contributed by atoms with Crippen molar-refractivity contribution in [1.82, 2.24) is 0 Å². The second kappa shape index (κ2) is 7.00. The molecule has 0 spiro atoms. The molecule has 2 N–H and O–H groups in total. The van der Waals surface area contributed by atoms with Gasteiger partial charge in [0, 0.05) is 23.0 Å². The van der Waals surface area contributed by atoms with Crippen molar-refractivity contribution in [3.63, 3.8) is 0 Å². The third-order valence-corrected chi connectivity index (χ3v) is 10.7. The van der Waals surface area contributed by atoms with E-state index in [1.165, 1.54) is 13.3 Å². The van der Waals surface area contributed by atoms with Gasteiger partial charge in [0.15, 0.2) is 5.78 Å². The highest BCUT2D eigenvalue weighted by atomic mass is 16.3. The van der Waals surface area contributed by atoms with E-state index in [-0.39, 0.29) is 40.5 Å². The molecule has 168 valence electrons. The van der Waals surface area contributed by atoms with Crippen LogP contribution in [0.2, 0.25) is 0 Å². The number of fused-ring (bicyclic) bond motifs is 5. The molecule has 4 nitrogen and oxygen atoms in total. The topological polar surface area (TPSA) is 74.6 Å². The van der Waals surface area contributed by atoms with Crippen LogP contribution in [0.4, 0.5) is 0 Å². The quantitative estimate of drug-likeness (QED) is 0.672. The largest absolute Gasteiger partial charge is 0.396 e. The lowest BCUT2D eigenvalue weighted by molar-refractivity contribution is -0.244. The Bertz CT molecular complexity index is 769. The minimum atomic E-state index is -0.647. The predicted molar refractivity (Wildman–Crippen MR) is 117 cm³/mol. The Kier molecular flexibility index (Phi) is 5.18. The highest BCUT2D eigenvalue weighted by molar-refractivity contribution is 5.97. The number of Topliss-reactive ketones (excluding diaryl/α,β-unsaturated/α-hetero) is 1. The average molecular weight is 417 g/mol. The number of ketones is 1. The van der Waals surface area contributed by atoms with Gasteiger partial charge >= 0.3 is 0 Å². The zero-order chi connectivity index (χ0) is 22.1. The van der Waals surface area contributed by atoms with Crippen LogP contribution in [0.25, 0.3) is 0 Å². The maximum atomic E-state index is 12.3. The van der Waals surface area contributed by atoms with Crippen molar-refractivity contribution < 1.29 is 19.8 Å². The van der Waals surface area contributed by atoms with E-state index in [9.17, 15) is 19.8 Å². The van der Waals surface area contributed by atoms with Gasteiger partial charge < -0.3 is 15.0 Å². The highest BCUT2D eigenvalue weighted by Gasteiger charge is 2.69. The van der Waals surface area contributed by atoms with Gasteiger partial charge in [-0.3, -0.25) is 4.79 Å². The first-order valence-electron chi connectivity index (χ1n) is 11.9. The highest BCUT2D eigenvalue weighted by Crippen LogP contribution is 2.72. The van der Waals surface area contributed by atoms with E-state index in [1.807, 2.05) is 13.0 Å². The molecule has 4 aliphatic rings. The molecule has 3 fully saturated rings. The molecule has 0 unspecified atom stereocenters. The van der Waals surface area contributed by atoms with Gasteiger partial charge in [0.2, 0.25) is 0 Å². The molecule has 3 saturated carbocycles. The summed E-state index contributed by atoms with van der Waals surface area (Å²) in [6.45, 7) is 10.8. The molecule has 0 aromatic carbocycles. The van der Waals surface area contributed by atoms with E-state index in [1.54, 1.807) is 0 Å². The van der Waals surface area contributed by atoms with Crippen molar-refractivity contribution in [3.05, 3.63) is 11.6 Å². The summed E-state index contributed by atoms with van der Waals surface area (Å²) in [5.41, 5.74) is -0.0579. The van der Waals surface area contributed by atoms with Crippen molar-refractivity contribution in [2.45, 2.75) is 85.7 Å². The minimum absolute atomic E-state index is 0.0549. The number of carbonyl (C=O) groups excluding carboxylic acids is 2. The van der Waals surface area contributed by atoms with Gasteiger partial charge in [0.1, 0.15) is 6.29 Å². The molecular weight excluding hydrogens is 376 g/mol. The van der Waals surface area contributed by atoms with E-state index >= 15 is 0 Å². The van der Waals surface area contributed by atoms with Gasteiger partial charge in [-0.2, -0.15) is 0 Å². The molecule has 4 aliphatic carbocycles. The average Bonchev–Trinajstić information content (AvgIpc) is 2.68. The Morgan fingerprint density at radius 2 is 1.83 bits per heavy atom. The van der Waals surface area contributed by atoms with E-state index in [0.29, 0.717) is 17.9 Å². The Morgan fingerprint density at radius 3 is 2.43 bits per heavy atom. The molecule has 0 amide bonds. The lowest BCUT2D eigenvalue weighted by Gasteiger charge is -2.70. The van der Waals surface area contributed by atoms with Crippen molar-refractivity contribution in [2.75, 3.05) is 6.61 Å². The molecule has 0 radical (unpaired) electrons. The van der Waals surface area contributed by atoms with Crippen molar-refractivity contribution in [1.29, 1.82) is 0 Å². The van der Waals surface area contributed by atoms with Crippen LogP contribution in [0.1, 0.15) is 79.6 Å². The minimum Gasteiger partial charge on any atom is -0.396 e. The number of hydrogen-bond donors (Lipinski definition) is 2. The molecule has 4 heteroatoms. The first kappa shape index (κ1) is 22.2. The fourth-order valence-corrected chi connectivity index (χ4v) is 9.26. The summed E-state index contributed by atoms with van der Waals surface area (Å²) in [5.74, 6) is 0.225. The summed E-state index contributed by atoms with van der Waals surface area (Å²) in [7, 11) is 0. The summed E-state index contributed by atoms with van der Waals surface area (Å²) < 4.78 is 0. The molecule has 4 rings (SSSR count). The second-order valence-corrected chi connectivity index (χ2v) is 12.1. The first-order chi connectivity index (χ1) is 14.0. The summed E-state index contributed by atoms with van der Waals surface area (Å²) >= 11 is 0. The maximum Gasteiger partial charge on any atom is 0.156 e. The monoisotopic (exact) mass is 416 g/mol. The number of aldehydes is 1. The third kappa shape index (κ3) is 2.65. The van der Waals surface area contributed by atoms with Gasteiger partial charge in [-0.1, -0.05) is 40.2 Å². The fourth-order valence-electron chi connectivity index (χ4n) is 9.26. The zero-order valence-electron chi connectivity index (χ0n) is 19.4. The normalized spacial score (nSPS) is 49.8. The molecule has 30 heavy (non-hydrogen) atoms. The van der Waals surface area contributed by atoms with Gasteiger partial charge in [-0.15, -0.1) is 0 Å². The predicted octanol–water partition coefficient (Wildman–Crippen LogP) is 4.33. The molecule has 0 saturated heterocycles. The fraction of sp³-hybridized carbons (Fsp3) is 0.846. The Morgan fingerprint density at radius 1 is 1.13 bits per heavy atom. The third-order valence-electron chi connectivity index (χ3n) is 10.7. The molecule has 8 atom stereocenters. The van der Waals surface area contributed by atoms with Crippen LogP contribution in [-0.2, 0) is 9.59 Å². The molecule has 0 heterocycles. The number of carbonyl (C=O) groups is 2. The van der Waals surface area contributed by atoms with Gasteiger partial charge in [0.05, 0.1) is 12.0 Å².